The van der Waals surface area contributed by atoms with Gasteiger partial charge >= 0.3 is 0 Å². The first-order valence-corrected chi connectivity index (χ1v) is 8.23. The van der Waals surface area contributed by atoms with E-state index in [1.807, 2.05) is 13.8 Å². The Morgan fingerprint density at radius 1 is 1.32 bits per heavy atom. The molecule has 0 unspecified atom stereocenters. The molecule has 0 radical (unpaired) electrons. The van der Waals surface area contributed by atoms with Crippen LogP contribution in [0.3, 0.4) is 0 Å². The maximum absolute atomic E-state index is 13.5. The molecule has 0 aliphatic heterocycles. The van der Waals surface area contributed by atoms with E-state index in [1.54, 1.807) is 19.2 Å². The molecule has 0 bridgehead atoms. The van der Waals surface area contributed by atoms with Crippen LogP contribution >= 0.6 is 0 Å². The van der Waals surface area contributed by atoms with Crippen molar-refractivity contribution in [2.75, 3.05) is 33.4 Å². The van der Waals surface area contributed by atoms with Gasteiger partial charge in [-0.3, -0.25) is 4.79 Å². The number of hydrogen-bond acceptors (Lipinski definition) is 5. The van der Waals surface area contributed by atoms with Crippen LogP contribution in [0.4, 0.5) is 4.39 Å². The summed E-state index contributed by atoms with van der Waals surface area (Å²) in [6.45, 7) is 6.30. The standard InChI is InChI=1S/C17H24FN5O2/c1-12(2)16-21-15(17(24)20-8-7-19-9-10-25-3)22-23(16)14-6-4-5-13(18)11-14/h4-6,11-12,19H,7-10H2,1-3H3,(H,20,24). The predicted octanol–water partition coefficient (Wildman–Crippen LogP) is 1.50. The minimum Gasteiger partial charge on any atom is -0.383 e. The maximum Gasteiger partial charge on any atom is 0.291 e. The third-order valence-electron chi connectivity index (χ3n) is 3.47. The summed E-state index contributed by atoms with van der Waals surface area (Å²) in [5, 5.41) is 10.2. The first kappa shape index (κ1) is 19.0. The van der Waals surface area contributed by atoms with E-state index >= 15 is 0 Å². The molecule has 1 aromatic heterocycles. The van der Waals surface area contributed by atoms with E-state index in [-0.39, 0.29) is 23.5 Å². The van der Waals surface area contributed by atoms with Gasteiger partial charge in [-0.1, -0.05) is 19.9 Å². The fraction of sp³-hybridized carbons (Fsp3) is 0.471. The summed E-state index contributed by atoms with van der Waals surface area (Å²) >= 11 is 0. The largest absolute Gasteiger partial charge is 0.383 e. The number of ether oxygens (including phenoxy) is 1. The zero-order chi connectivity index (χ0) is 18.2. The molecule has 0 aliphatic carbocycles. The molecule has 0 saturated carbocycles. The highest BCUT2D eigenvalue weighted by molar-refractivity contribution is 5.90. The van der Waals surface area contributed by atoms with E-state index in [0.717, 1.165) is 6.54 Å². The molecule has 1 aromatic carbocycles. The molecular weight excluding hydrogens is 325 g/mol. The van der Waals surface area contributed by atoms with Crippen molar-refractivity contribution in [1.82, 2.24) is 25.4 Å². The Hall–Kier alpha value is -2.32. The third kappa shape index (κ3) is 5.33. The lowest BCUT2D eigenvalue weighted by Crippen LogP contribution is -2.33. The van der Waals surface area contributed by atoms with Gasteiger partial charge in [0, 0.05) is 32.7 Å². The molecule has 25 heavy (non-hydrogen) atoms. The van der Waals surface area contributed by atoms with Crippen LogP contribution in [0.15, 0.2) is 24.3 Å². The smallest absolute Gasteiger partial charge is 0.291 e. The van der Waals surface area contributed by atoms with Gasteiger partial charge in [0.2, 0.25) is 5.82 Å². The summed E-state index contributed by atoms with van der Waals surface area (Å²) in [7, 11) is 1.64. The van der Waals surface area contributed by atoms with Gasteiger partial charge in [0.1, 0.15) is 11.6 Å². The summed E-state index contributed by atoms with van der Waals surface area (Å²) < 4.78 is 19.9. The van der Waals surface area contributed by atoms with E-state index < -0.39 is 0 Å². The second-order valence-electron chi connectivity index (χ2n) is 5.84. The lowest BCUT2D eigenvalue weighted by atomic mass is 10.2. The summed E-state index contributed by atoms with van der Waals surface area (Å²) in [6, 6.07) is 6.05. The highest BCUT2D eigenvalue weighted by Crippen LogP contribution is 2.18. The number of hydrogen-bond donors (Lipinski definition) is 2. The molecule has 1 amide bonds. The molecule has 0 fully saturated rings. The lowest BCUT2D eigenvalue weighted by Gasteiger charge is -2.07. The molecular formula is C17H24FN5O2. The highest BCUT2D eigenvalue weighted by Gasteiger charge is 2.19. The number of nitrogens with one attached hydrogen (secondary N) is 2. The van der Waals surface area contributed by atoms with E-state index in [4.69, 9.17) is 4.74 Å². The van der Waals surface area contributed by atoms with Crippen LogP contribution in [0.5, 0.6) is 0 Å². The van der Waals surface area contributed by atoms with E-state index in [0.29, 0.717) is 31.2 Å². The molecule has 136 valence electrons. The second-order valence-corrected chi connectivity index (χ2v) is 5.84. The maximum atomic E-state index is 13.5. The van der Waals surface area contributed by atoms with Crippen molar-refractivity contribution in [3.63, 3.8) is 0 Å². The van der Waals surface area contributed by atoms with E-state index in [1.165, 1.54) is 16.8 Å². The Balaban J connectivity index is 2.06. The minimum absolute atomic E-state index is 0.0352. The molecule has 8 heteroatoms. The fourth-order valence-electron chi connectivity index (χ4n) is 2.23. The van der Waals surface area contributed by atoms with Crippen molar-refractivity contribution < 1.29 is 13.9 Å². The van der Waals surface area contributed by atoms with Gasteiger partial charge in [-0.25, -0.2) is 14.1 Å². The molecule has 2 aromatic rings. The van der Waals surface area contributed by atoms with Crippen molar-refractivity contribution >= 4 is 5.91 Å². The van der Waals surface area contributed by atoms with Gasteiger partial charge < -0.3 is 15.4 Å². The van der Waals surface area contributed by atoms with Gasteiger partial charge in [0.05, 0.1) is 12.3 Å². The Morgan fingerprint density at radius 2 is 2.12 bits per heavy atom. The number of rotatable bonds is 9. The molecule has 0 atom stereocenters. The number of benzene rings is 1. The van der Waals surface area contributed by atoms with Crippen LogP contribution in [0.25, 0.3) is 5.69 Å². The summed E-state index contributed by atoms with van der Waals surface area (Å²) in [5.41, 5.74) is 0.538. The van der Waals surface area contributed by atoms with Gasteiger partial charge in [-0.15, -0.1) is 5.10 Å². The van der Waals surface area contributed by atoms with Crippen LogP contribution in [-0.2, 0) is 4.74 Å². The minimum atomic E-state index is -0.365. The number of carbonyl (C=O) groups is 1. The summed E-state index contributed by atoms with van der Waals surface area (Å²) in [5.74, 6) is -0.00622. The third-order valence-corrected chi connectivity index (χ3v) is 3.47. The van der Waals surface area contributed by atoms with Crippen LogP contribution in [0.2, 0.25) is 0 Å². The Kier molecular flexibility index (Phi) is 7.03. The highest BCUT2D eigenvalue weighted by atomic mass is 19.1. The molecule has 2 rings (SSSR count). The molecule has 1 heterocycles. The van der Waals surface area contributed by atoms with Crippen molar-refractivity contribution in [1.29, 1.82) is 0 Å². The Labute approximate surface area is 146 Å². The molecule has 2 N–H and O–H groups in total. The monoisotopic (exact) mass is 349 g/mol. The quantitative estimate of drug-likeness (QED) is 0.671. The zero-order valence-corrected chi connectivity index (χ0v) is 14.8. The normalized spacial score (nSPS) is 11.1. The van der Waals surface area contributed by atoms with Crippen LogP contribution < -0.4 is 10.6 Å². The second kappa shape index (κ2) is 9.24. The number of halogens is 1. The first-order valence-electron chi connectivity index (χ1n) is 8.23. The van der Waals surface area contributed by atoms with Crippen LogP contribution in [0, 0.1) is 5.82 Å². The predicted molar refractivity (Wildman–Crippen MR) is 92.5 cm³/mol. The summed E-state index contributed by atoms with van der Waals surface area (Å²) in [6.07, 6.45) is 0. The topological polar surface area (TPSA) is 81.1 Å². The van der Waals surface area contributed by atoms with Crippen molar-refractivity contribution in [2.24, 2.45) is 0 Å². The van der Waals surface area contributed by atoms with E-state index in [9.17, 15) is 9.18 Å². The first-order chi connectivity index (χ1) is 12.0. The molecule has 7 nitrogen and oxygen atoms in total. The molecule has 0 saturated heterocycles. The number of carbonyl (C=O) groups excluding carboxylic acids is 1. The SMILES string of the molecule is COCCNCCNC(=O)c1nc(C(C)C)n(-c2cccc(F)c2)n1. The average Bonchev–Trinajstić information content (AvgIpc) is 3.03. The zero-order valence-electron chi connectivity index (χ0n) is 14.8. The Morgan fingerprint density at radius 3 is 2.80 bits per heavy atom. The van der Waals surface area contributed by atoms with Crippen molar-refractivity contribution in [2.45, 2.75) is 19.8 Å². The number of aromatic nitrogens is 3. The van der Waals surface area contributed by atoms with Gasteiger partial charge in [0.15, 0.2) is 0 Å². The van der Waals surface area contributed by atoms with Crippen molar-refractivity contribution in [3.05, 3.63) is 41.7 Å². The van der Waals surface area contributed by atoms with Crippen LogP contribution in [-0.4, -0.2) is 54.0 Å². The number of amides is 1. The lowest BCUT2D eigenvalue weighted by molar-refractivity contribution is 0.0943. The van der Waals surface area contributed by atoms with Gasteiger partial charge in [-0.2, -0.15) is 0 Å². The Bertz CT molecular complexity index is 702. The number of methoxy groups -OCH3 is 1. The molecule has 0 spiro atoms. The van der Waals surface area contributed by atoms with Crippen LogP contribution in [0.1, 0.15) is 36.2 Å². The van der Waals surface area contributed by atoms with Crippen molar-refractivity contribution in [3.8, 4) is 5.69 Å². The van der Waals surface area contributed by atoms with Gasteiger partial charge in [0.25, 0.3) is 5.91 Å². The fourth-order valence-corrected chi connectivity index (χ4v) is 2.23. The van der Waals surface area contributed by atoms with Gasteiger partial charge in [-0.05, 0) is 18.2 Å². The average molecular weight is 349 g/mol. The molecule has 0 aliphatic rings. The summed E-state index contributed by atoms with van der Waals surface area (Å²) in [4.78, 5) is 16.6. The van der Waals surface area contributed by atoms with E-state index in [2.05, 4.69) is 20.7 Å². The number of nitrogens with zero attached hydrogens (tertiary/aromatic N) is 3.